The molecule has 0 aliphatic heterocycles. The van der Waals surface area contributed by atoms with E-state index in [0.29, 0.717) is 6.04 Å². The molecule has 2 heterocycles. The van der Waals surface area contributed by atoms with Crippen molar-refractivity contribution >= 4 is 27.1 Å². The van der Waals surface area contributed by atoms with Crippen LogP contribution in [0.3, 0.4) is 0 Å². The van der Waals surface area contributed by atoms with Crippen molar-refractivity contribution in [3.63, 3.8) is 0 Å². The lowest BCUT2D eigenvalue weighted by atomic mass is 9.95. The maximum Gasteiger partial charge on any atom is 0.327 e. The number of pyridine rings is 1. The van der Waals surface area contributed by atoms with Gasteiger partial charge in [0, 0.05) is 16.7 Å². The highest BCUT2D eigenvalue weighted by Gasteiger charge is 2.20. The maximum absolute atomic E-state index is 12.0. The number of hydrogen-bond donors (Lipinski definition) is 1. The molecule has 102 valence electrons. The molecule has 3 rings (SSSR count). The first-order valence-corrected chi connectivity index (χ1v) is 7.31. The van der Waals surface area contributed by atoms with Gasteiger partial charge in [0.25, 0.3) is 0 Å². The van der Waals surface area contributed by atoms with Crippen molar-refractivity contribution in [2.45, 2.75) is 38.1 Å². The zero-order valence-electron chi connectivity index (χ0n) is 10.9. The molecule has 0 radical (unpaired) electrons. The SMILES string of the molecule is C=C.O=c1[nH]c2cc(Br)cnc2n1C1CCCCC1. The molecule has 1 aliphatic carbocycles. The van der Waals surface area contributed by atoms with E-state index in [4.69, 9.17) is 0 Å². The highest BCUT2D eigenvalue weighted by Crippen LogP contribution is 2.29. The highest BCUT2D eigenvalue weighted by molar-refractivity contribution is 9.10. The summed E-state index contributed by atoms with van der Waals surface area (Å²) in [4.78, 5) is 19.2. The summed E-state index contributed by atoms with van der Waals surface area (Å²) in [6.07, 6.45) is 7.62. The van der Waals surface area contributed by atoms with Crippen LogP contribution < -0.4 is 5.69 Å². The minimum absolute atomic E-state index is 0.0301. The molecule has 1 fully saturated rings. The molecule has 2 aromatic rings. The summed E-state index contributed by atoms with van der Waals surface area (Å²) in [5.41, 5.74) is 1.57. The van der Waals surface area contributed by atoms with Gasteiger partial charge in [-0.1, -0.05) is 19.3 Å². The zero-order chi connectivity index (χ0) is 13.8. The van der Waals surface area contributed by atoms with Crippen molar-refractivity contribution < 1.29 is 0 Å². The second-order valence-corrected chi connectivity index (χ2v) is 5.53. The molecule has 19 heavy (non-hydrogen) atoms. The van der Waals surface area contributed by atoms with Crippen molar-refractivity contribution in [3.05, 3.63) is 40.4 Å². The van der Waals surface area contributed by atoms with Crippen LogP contribution in [-0.4, -0.2) is 14.5 Å². The molecule has 5 heteroatoms. The minimum atomic E-state index is -0.0301. The van der Waals surface area contributed by atoms with Crippen molar-refractivity contribution in [2.75, 3.05) is 0 Å². The largest absolute Gasteiger partial charge is 0.327 e. The Kier molecular flexibility index (Phi) is 4.58. The van der Waals surface area contributed by atoms with Gasteiger partial charge in [0.1, 0.15) is 0 Å². The summed E-state index contributed by atoms with van der Waals surface area (Å²) in [6.45, 7) is 6.00. The summed E-state index contributed by atoms with van der Waals surface area (Å²) in [5, 5.41) is 0. The number of rotatable bonds is 1. The number of nitrogens with one attached hydrogen (secondary N) is 1. The van der Waals surface area contributed by atoms with Crippen LogP contribution >= 0.6 is 15.9 Å². The Labute approximate surface area is 120 Å². The van der Waals surface area contributed by atoms with Gasteiger partial charge in [-0.2, -0.15) is 0 Å². The summed E-state index contributed by atoms with van der Waals surface area (Å²) >= 11 is 3.37. The third kappa shape index (κ3) is 2.81. The summed E-state index contributed by atoms with van der Waals surface area (Å²) in [7, 11) is 0. The Morgan fingerprint density at radius 2 is 2.00 bits per heavy atom. The van der Waals surface area contributed by atoms with Crippen molar-refractivity contribution in [3.8, 4) is 0 Å². The van der Waals surface area contributed by atoms with Gasteiger partial charge in [0.15, 0.2) is 5.65 Å². The van der Waals surface area contributed by atoms with Gasteiger partial charge in [-0.25, -0.2) is 9.78 Å². The van der Waals surface area contributed by atoms with Crippen LogP contribution in [0.5, 0.6) is 0 Å². The first-order valence-electron chi connectivity index (χ1n) is 6.51. The van der Waals surface area contributed by atoms with Gasteiger partial charge in [0.05, 0.1) is 5.52 Å². The number of H-pyrrole nitrogens is 1. The minimum Gasteiger partial charge on any atom is -0.304 e. The van der Waals surface area contributed by atoms with Crippen LogP contribution in [-0.2, 0) is 0 Å². The van der Waals surface area contributed by atoms with Gasteiger partial charge in [-0.15, -0.1) is 13.2 Å². The number of aromatic nitrogens is 3. The van der Waals surface area contributed by atoms with E-state index in [1.807, 2.05) is 10.6 Å². The second kappa shape index (κ2) is 6.19. The molecule has 0 aromatic carbocycles. The molecule has 0 spiro atoms. The van der Waals surface area contributed by atoms with Gasteiger partial charge in [-0.3, -0.25) is 4.57 Å². The van der Waals surface area contributed by atoms with E-state index >= 15 is 0 Å². The molecular weight excluding hydrogens is 306 g/mol. The first kappa shape index (κ1) is 14.1. The normalized spacial score (nSPS) is 16.1. The lowest BCUT2D eigenvalue weighted by molar-refractivity contribution is 0.352. The smallest absolute Gasteiger partial charge is 0.304 e. The lowest BCUT2D eigenvalue weighted by Gasteiger charge is -2.22. The molecule has 1 N–H and O–H groups in total. The summed E-state index contributed by atoms with van der Waals surface area (Å²) < 4.78 is 2.73. The zero-order valence-corrected chi connectivity index (χ0v) is 12.4. The standard InChI is InChI=1S/C12H14BrN3O.C2H4/c13-8-6-10-11(14-7-8)16(12(17)15-10)9-4-2-1-3-5-9;1-2/h6-7,9H,1-5H2,(H,15,17);1-2H2. The third-order valence-corrected chi connectivity index (χ3v) is 3.90. The molecule has 0 bridgehead atoms. The maximum atomic E-state index is 12.0. The molecule has 0 atom stereocenters. The van der Waals surface area contributed by atoms with Crippen molar-refractivity contribution in [1.82, 2.24) is 14.5 Å². The van der Waals surface area contributed by atoms with E-state index in [-0.39, 0.29) is 5.69 Å². The molecule has 2 aromatic heterocycles. The number of imidazole rings is 1. The predicted molar refractivity (Wildman–Crippen MR) is 81.4 cm³/mol. The molecule has 0 unspecified atom stereocenters. The average Bonchev–Trinajstić information content (AvgIpc) is 2.77. The number of aromatic amines is 1. The lowest BCUT2D eigenvalue weighted by Crippen LogP contribution is -2.24. The fourth-order valence-corrected chi connectivity index (χ4v) is 3.00. The van der Waals surface area contributed by atoms with Crippen molar-refractivity contribution in [2.24, 2.45) is 0 Å². The summed E-state index contributed by atoms with van der Waals surface area (Å²) in [6, 6.07) is 2.22. The second-order valence-electron chi connectivity index (χ2n) is 4.62. The highest BCUT2D eigenvalue weighted by atomic mass is 79.9. The quantitative estimate of drug-likeness (QED) is 0.811. The number of hydrogen-bond acceptors (Lipinski definition) is 2. The average molecular weight is 324 g/mol. The Morgan fingerprint density at radius 3 is 2.68 bits per heavy atom. The molecule has 1 aliphatic rings. The van der Waals surface area contributed by atoms with Crippen LogP contribution in [0.25, 0.3) is 11.2 Å². The van der Waals surface area contributed by atoms with Crippen molar-refractivity contribution in [1.29, 1.82) is 0 Å². The molecule has 1 saturated carbocycles. The Balaban J connectivity index is 0.000000637. The van der Waals surface area contributed by atoms with E-state index in [0.717, 1.165) is 28.5 Å². The van der Waals surface area contributed by atoms with E-state index < -0.39 is 0 Å². The van der Waals surface area contributed by atoms with E-state index in [9.17, 15) is 4.79 Å². The molecule has 0 saturated heterocycles. The Hall–Kier alpha value is -1.36. The fraction of sp³-hybridized carbons (Fsp3) is 0.429. The first-order chi connectivity index (χ1) is 9.25. The van der Waals surface area contributed by atoms with Gasteiger partial charge >= 0.3 is 5.69 Å². The Morgan fingerprint density at radius 1 is 1.32 bits per heavy atom. The monoisotopic (exact) mass is 323 g/mol. The topological polar surface area (TPSA) is 50.7 Å². The predicted octanol–water partition coefficient (Wildman–Crippen LogP) is 3.79. The van der Waals surface area contributed by atoms with Crippen LogP contribution in [0, 0.1) is 0 Å². The summed E-state index contributed by atoms with van der Waals surface area (Å²) in [5.74, 6) is 0. The number of fused-ring (bicyclic) bond motifs is 1. The fourth-order valence-electron chi connectivity index (χ4n) is 2.67. The van der Waals surface area contributed by atoms with Gasteiger partial charge < -0.3 is 4.98 Å². The van der Waals surface area contributed by atoms with E-state index in [1.165, 1.54) is 19.3 Å². The Bertz CT molecular complexity index is 611. The molecule has 4 nitrogen and oxygen atoms in total. The van der Waals surface area contributed by atoms with Crippen LogP contribution in [0.4, 0.5) is 0 Å². The number of halogens is 1. The number of nitrogens with zero attached hydrogens (tertiary/aromatic N) is 2. The van der Waals surface area contributed by atoms with Gasteiger partial charge in [0.2, 0.25) is 0 Å². The van der Waals surface area contributed by atoms with Crippen LogP contribution in [0.2, 0.25) is 0 Å². The van der Waals surface area contributed by atoms with E-state index in [2.05, 4.69) is 39.1 Å². The van der Waals surface area contributed by atoms with E-state index in [1.54, 1.807) is 6.20 Å². The third-order valence-electron chi connectivity index (χ3n) is 3.46. The van der Waals surface area contributed by atoms with Gasteiger partial charge in [-0.05, 0) is 34.8 Å². The molecular formula is C14H18BrN3O. The van der Waals surface area contributed by atoms with Crippen LogP contribution in [0.15, 0.2) is 34.7 Å². The van der Waals surface area contributed by atoms with Crippen LogP contribution in [0.1, 0.15) is 38.1 Å². The molecule has 0 amide bonds.